The largest absolute Gasteiger partial charge is 0.490 e. The molecule has 122 valence electrons. The van der Waals surface area contributed by atoms with E-state index in [1.165, 1.54) is 13.2 Å². The van der Waals surface area contributed by atoms with Crippen molar-refractivity contribution in [3.63, 3.8) is 0 Å². The van der Waals surface area contributed by atoms with Crippen molar-refractivity contribution in [1.82, 2.24) is 4.90 Å². The zero-order valence-electron chi connectivity index (χ0n) is 12.2. The monoisotopic (exact) mass is 330 g/mol. The highest BCUT2D eigenvalue weighted by Gasteiger charge is 2.25. The van der Waals surface area contributed by atoms with E-state index in [9.17, 15) is 14.9 Å². The molecule has 1 N–H and O–H groups in total. The number of halogens is 1. The molecule has 0 bridgehead atoms. The molecule has 1 aliphatic heterocycles. The average molecular weight is 331 g/mol. The van der Waals surface area contributed by atoms with Gasteiger partial charge in [-0.1, -0.05) is 6.07 Å². The van der Waals surface area contributed by atoms with Gasteiger partial charge in [-0.15, -0.1) is 12.4 Å². The molecule has 0 saturated carbocycles. The predicted molar refractivity (Wildman–Crippen MR) is 82.5 cm³/mol. The zero-order valence-corrected chi connectivity index (χ0v) is 13.0. The van der Waals surface area contributed by atoms with Crippen molar-refractivity contribution in [1.29, 1.82) is 0 Å². The number of piperidine rings is 1. The number of hydrogen-bond acceptors (Lipinski definition) is 5. The number of carboxylic acid groups (broad SMARTS) is 1. The molecule has 0 spiro atoms. The van der Waals surface area contributed by atoms with Crippen molar-refractivity contribution in [3.05, 3.63) is 33.9 Å². The highest BCUT2D eigenvalue weighted by atomic mass is 35.5. The second kappa shape index (κ2) is 7.95. The second-order valence-electron chi connectivity index (χ2n) is 5.15. The minimum absolute atomic E-state index is 0. The van der Waals surface area contributed by atoms with Gasteiger partial charge in [-0.05, 0) is 37.6 Å². The number of carbonyl (C=O) groups is 1. The molecule has 1 aromatic rings. The van der Waals surface area contributed by atoms with Crippen LogP contribution in [-0.2, 0) is 11.3 Å². The Labute approximate surface area is 134 Å². The Hall–Kier alpha value is -1.86. The third kappa shape index (κ3) is 4.32. The van der Waals surface area contributed by atoms with E-state index >= 15 is 0 Å². The maximum absolute atomic E-state index is 11.0. The van der Waals surface area contributed by atoms with E-state index in [4.69, 9.17) is 9.84 Å². The minimum Gasteiger partial charge on any atom is -0.490 e. The standard InChI is InChI=1S/C14H18N2O5.ClH/c1-21-13-3-2-10(8-12(13)16(19)20)9-15-6-4-11(5-7-15)14(17)18;/h2-3,8,11H,4-7,9H2,1H3,(H,17,18);1H. The first kappa shape index (κ1) is 18.2. The molecule has 1 saturated heterocycles. The molecule has 0 aliphatic carbocycles. The van der Waals surface area contributed by atoms with Crippen LogP contribution < -0.4 is 4.74 Å². The van der Waals surface area contributed by atoms with Gasteiger partial charge in [0.2, 0.25) is 0 Å². The van der Waals surface area contributed by atoms with Crippen molar-refractivity contribution >= 4 is 24.1 Å². The molecule has 8 heteroatoms. The van der Waals surface area contributed by atoms with Crippen LogP contribution in [0.2, 0.25) is 0 Å². The third-order valence-electron chi connectivity index (χ3n) is 3.78. The van der Waals surface area contributed by atoms with E-state index < -0.39 is 10.9 Å². The molecular formula is C14H19ClN2O5. The second-order valence-corrected chi connectivity index (χ2v) is 5.15. The molecule has 1 fully saturated rings. The smallest absolute Gasteiger partial charge is 0.311 e. The van der Waals surface area contributed by atoms with Crippen molar-refractivity contribution in [2.45, 2.75) is 19.4 Å². The average Bonchev–Trinajstić information content (AvgIpc) is 2.47. The van der Waals surface area contributed by atoms with Crippen molar-refractivity contribution in [3.8, 4) is 5.75 Å². The van der Waals surface area contributed by atoms with Gasteiger partial charge in [0.15, 0.2) is 5.75 Å². The summed E-state index contributed by atoms with van der Waals surface area (Å²) in [6.45, 7) is 1.96. The molecule has 0 radical (unpaired) electrons. The number of nitro benzene ring substituents is 1. The molecule has 0 unspecified atom stereocenters. The van der Waals surface area contributed by atoms with Gasteiger partial charge in [-0.25, -0.2) is 0 Å². The Kier molecular flexibility index (Phi) is 6.58. The lowest BCUT2D eigenvalue weighted by Gasteiger charge is -2.29. The summed E-state index contributed by atoms with van der Waals surface area (Å²) in [6, 6.07) is 4.91. The maximum Gasteiger partial charge on any atom is 0.311 e. The number of nitrogens with zero attached hydrogens (tertiary/aromatic N) is 2. The predicted octanol–water partition coefficient (Wildman–Crippen LogP) is 2.32. The van der Waals surface area contributed by atoms with Gasteiger partial charge in [0.25, 0.3) is 0 Å². The Morgan fingerprint density at radius 2 is 2.09 bits per heavy atom. The molecule has 0 atom stereocenters. The normalized spacial score (nSPS) is 15.9. The van der Waals surface area contributed by atoms with Gasteiger partial charge in [0, 0.05) is 12.6 Å². The first-order valence-electron chi connectivity index (χ1n) is 6.77. The van der Waals surface area contributed by atoms with Gasteiger partial charge in [-0.2, -0.15) is 0 Å². The van der Waals surface area contributed by atoms with Crippen LogP contribution in [0.5, 0.6) is 5.75 Å². The molecule has 1 heterocycles. The summed E-state index contributed by atoms with van der Waals surface area (Å²) in [7, 11) is 1.40. The highest BCUT2D eigenvalue weighted by Crippen LogP contribution is 2.28. The lowest BCUT2D eigenvalue weighted by Crippen LogP contribution is -2.35. The number of nitro groups is 1. The molecule has 2 rings (SSSR count). The number of likely N-dealkylation sites (tertiary alicyclic amines) is 1. The summed E-state index contributed by atoms with van der Waals surface area (Å²) >= 11 is 0. The van der Waals surface area contributed by atoms with Crippen LogP contribution in [-0.4, -0.2) is 41.1 Å². The summed E-state index contributed by atoms with van der Waals surface area (Å²) in [4.78, 5) is 23.5. The van der Waals surface area contributed by atoms with Crippen LogP contribution in [0.3, 0.4) is 0 Å². The van der Waals surface area contributed by atoms with E-state index in [-0.39, 0.29) is 29.8 Å². The molecule has 0 amide bonds. The summed E-state index contributed by atoms with van der Waals surface area (Å²) in [5.74, 6) is -0.769. The van der Waals surface area contributed by atoms with Crippen LogP contribution in [0, 0.1) is 16.0 Å². The first-order chi connectivity index (χ1) is 10.0. The van der Waals surface area contributed by atoms with E-state index in [0.29, 0.717) is 32.5 Å². The Morgan fingerprint density at radius 3 is 2.59 bits per heavy atom. The van der Waals surface area contributed by atoms with Crippen LogP contribution >= 0.6 is 12.4 Å². The summed E-state index contributed by atoms with van der Waals surface area (Å²) in [5, 5.41) is 20.0. The van der Waals surface area contributed by atoms with E-state index in [1.54, 1.807) is 12.1 Å². The van der Waals surface area contributed by atoms with Gasteiger partial charge >= 0.3 is 11.7 Å². The number of hydrogen-bond donors (Lipinski definition) is 1. The van der Waals surface area contributed by atoms with Gasteiger partial charge in [-0.3, -0.25) is 19.8 Å². The summed E-state index contributed by atoms with van der Waals surface area (Å²) < 4.78 is 4.97. The first-order valence-corrected chi connectivity index (χ1v) is 6.77. The van der Waals surface area contributed by atoms with E-state index in [2.05, 4.69) is 4.90 Å². The number of methoxy groups -OCH3 is 1. The Morgan fingerprint density at radius 1 is 1.45 bits per heavy atom. The quantitative estimate of drug-likeness (QED) is 0.658. The number of carboxylic acids is 1. The molecule has 1 aromatic carbocycles. The van der Waals surface area contributed by atoms with Crippen molar-refractivity contribution < 1.29 is 19.6 Å². The van der Waals surface area contributed by atoms with E-state index in [0.717, 1.165) is 5.56 Å². The fourth-order valence-corrected chi connectivity index (χ4v) is 2.57. The zero-order chi connectivity index (χ0) is 15.4. The topological polar surface area (TPSA) is 92.9 Å². The highest BCUT2D eigenvalue weighted by molar-refractivity contribution is 5.85. The maximum atomic E-state index is 11.0. The SMILES string of the molecule is COc1ccc(CN2CCC(C(=O)O)CC2)cc1[N+](=O)[O-].Cl. The Balaban J connectivity index is 0.00000242. The van der Waals surface area contributed by atoms with Crippen molar-refractivity contribution in [2.24, 2.45) is 5.92 Å². The molecule has 1 aliphatic rings. The van der Waals surface area contributed by atoms with Crippen LogP contribution in [0.4, 0.5) is 5.69 Å². The fraction of sp³-hybridized carbons (Fsp3) is 0.500. The molecule has 22 heavy (non-hydrogen) atoms. The minimum atomic E-state index is -0.741. The van der Waals surface area contributed by atoms with Crippen LogP contribution in [0.1, 0.15) is 18.4 Å². The number of ether oxygens (including phenoxy) is 1. The summed E-state index contributed by atoms with van der Waals surface area (Å²) in [6.07, 6.45) is 1.24. The molecular weight excluding hydrogens is 312 g/mol. The van der Waals surface area contributed by atoms with Crippen molar-refractivity contribution in [2.75, 3.05) is 20.2 Å². The van der Waals surface area contributed by atoms with E-state index in [1.807, 2.05) is 0 Å². The van der Waals surface area contributed by atoms with Gasteiger partial charge in [0.1, 0.15) is 0 Å². The fourth-order valence-electron chi connectivity index (χ4n) is 2.57. The Bertz CT molecular complexity index is 544. The summed E-state index contributed by atoms with van der Waals surface area (Å²) in [5.41, 5.74) is 0.784. The number of rotatable bonds is 5. The van der Waals surface area contributed by atoms with Crippen LogP contribution in [0.15, 0.2) is 18.2 Å². The number of benzene rings is 1. The van der Waals surface area contributed by atoms with Gasteiger partial charge < -0.3 is 9.84 Å². The third-order valence-corrected chi connectivity index (χ3v) is 3.78. The molecule has 7 nitrogen and oxygen atoms in total. The lowest BCUT2D eigenvalue weighted by atomic mass is 9.97. The van der Waals surface area contributed by atoms with Gasteiger partial charge in [0.05, 0.1) is 18.0 Å². The number of aliphatic carboxylic acids is 1. The van der Waals surface area contributed by atoms with Crippen LogP contribution in [0.25, 0.3) is 0 Å². The lowest BCUT2D eigenvalue weighted by molar-refractivity contribution is -0.385. The molecule has 0 aromatic heterocycles.